The minimum absolute atomic E-state index is 0.174. The first-order chi connectivity index (χ1) is 9.58. The first-order valence-corrected chi connectivity index (χ1v) is 7.01. The highest BCUT2D eigenvalue weighted by Gasteiger charge is 2.66. The van der Waals surface area contributed by atoms with E-state index >= 15 is 0 Å². The second-order valence-electron chi connectivity index (χ2n) is 5.76. The molecule has 0 amide bonds. The number of allylic oxidation sites excluding steroid dienone is 4. The van der Waals surface area contributed by atoms with Gasteiger partial charge in [-0.05, 0) is 24.5 Å². The molecule has 100 valence electrons. The van der Waals surface area contributed by atoms with Crippen LogP contribution in [0.2, 0.25) is 0 Å². The maximum Gasteiger partial charge on any atom is 0.162 e. The molecule has 0 spiro atoms. The van der Waals surface area contributed by atoms with E-state index in [1.165, 1.54) is 0 Å². The van der Waals surface area contributed by atoms with Crippen molar-refractivity contribution in [3.05, 3.63) is 59.2 Å². The quantitative estimate of drug-likeness (QED) is 0.777. The third-order valence-corrected chi connectivity index (χ3v) is 4.66. The average molecular weight is 263 g/mol. The summed E-state index contributed by atoms with van der Waals surface area (Å²) in [6, 6.07) is 8.46. The lowest BCUT2D eigenvalue weighted by atomic mass is 9.82. The molecule has 0 N–H and O–H groups in total. The lowest BCUT2D eigenvalue weighted by molar-refractivity contribution is 0.0987. The first-order valence-electron chi connectivity index (χ1n) is 7.01. The van der Waals surface area contributed by atoms with E-state index in [4.69, 9.17) is 0 Å². The molecule has 1 aromatic rings. The monoisotopic (exact) mass is 263 g/mol. The SMILES string of the molecule is CCC(=O)c1ccc(C23C=CC=CC2(C#N)C3)cc1C. The van der Waals surface area contributed by atoms with Crippen LogP contribution in [-0.2, 0) is 5.41 Å². The van der Waals surface area contributed by atoms with E-state index in [0.29, 0.717) is 6.42 Å². The molecule has 2 atom stereocenters. The number of ketones is 1. The summed E-state index contributed by atoms with van der Waals surface area (Å²) in [5, 5.41) is 9.48. The second-order valence-corrected chi connectivity index (χ2v) is 5.76. The number of rotatable bonds is 3. The van der Waals surface area contributed by atoms with Crippen molar-refractivity contribution in [2.45, 2.75) is 32.1 Å². The average Bonchev–Trinajstić information content (AvgIpc) is 3.17. The Morgan fingerprint density at radius 2 is 2.10 bits per heavy atom. The summed E-state index contributed by atoms with van der Waals surface area (Å²) < 4.78 is 0. The number of aryl methyl sites for hydroxylation is 1. The van der Waals surface area contributed by atoms with Gasteiger partial charge in [-0.15, -0.1) is 0 Å². The predicted octanol–water partition coefficient (Wildman–Crippen LogP) is 3.87. The van der Waals surface area contributed by atoms with Crippen LogP contribution in [-0.4, -0.2) is 5.78 Å². The minimum Gasteiger partial charge on any atom is -0.294 e. The molecule has 0 aliphatic heterocycles. The van der Waals surface area contributed by atoms with Crippen molar-refractivity contribution < 1.29 is 4.79 Å². The van der Waals surface area contributed by atoms with E-state index in [-0.39, 0.29) is 16.6 Å². The number of fused-ring (bicyclic) bond motifs is 1. The third-order valence-electron chi connectivity index (χ3n) is 4.66. The highest BCUT2D eigenvalue weighted by molar-refractivity contribution is 5.97. The molecule has 2 nitrogen and oxygen atoms in total. The van der Waals surface area contributed by atoms with Gasteiger partial charge >= 0.3 is 0 Å². The fourth-order valence-corrected chi connectivity index (χ4v) is 3.33. The van der Waals surface area contributed by atoms with Gasteiger partial charge in [0.15, 0.2) is 5.78 Å². The van der Waals surface area contributed by atoms with Crippen LogP contribution in [0.3, 0.4) is 0 Å². The smallest absolute Gasteiger partial charge is 0.162 e. The molecule has 0 aromatic heterocycles. The van der Waals surface area contributed by atoms with Gasteiger partial charge in [0, 0.05) is 17.4 Å². The Balaban J connectivity index is 2.04. The van der Waals surface area contributed by atoms with Crippen LogP contribution in [0.15, 0.2) is 42.5 Å². The summed E-state index contributed by atoms with van der Waals surface area (Å²) in [5.41, 5.74) is 2.38. The maximum atomic E-state index is 11.9. The summed E-state index contributed by atoms with van der Waals surface area (Å²) in [7, 11) is 0. The van der Waals surface area contributed by atoms with Crippen molar-refractivity contribution in [1.82, 2.24) is 0 Å². The number of benzene rings is 1. The largest absolute Gasteiger partial charge is 0.294 e. The van der Waals surface area contributed by atoms with E-state index < -0.39 is 0 Å². The molecule has 2 heteroatoms. The molecule has 0 bridgehead atoms. The minimum atomic E-state index is -0.384. The molecule has 2 aliphatic carbocycles. The van der Waals surface area contributed by atoms with Crippen molar-refractivity contribution in [1.29, 1.82) is 5.26 Å². The maximum absolute atomic E-state index is 11.9. The number of carbonyl (C=O) groups is 1. The van der Waals surface area contributed by atoms with Gasteiger partial charge in [0.1, 0.15) is 0 Å². The number of nitrogens with zero attached hydrogens (tertiary/aromatic N) is 1. The molecule has 1 saturated carbocycles. The molecule has 1 aromatic carbocycles. The van der Waals surface area contributed by atoms with Gasteiger partial charge in [-0.2, -0.15) is 5.26 Å². The highest BCUT2D eigenvalue weighted by atomic mass is 16.1. The Labute approximate surface area is 119 Å². The lowest BCUT2D eigenvalue weighted by Crippen LogP contribution is -2.16. The van der Waals surface area contributed by atoms with E-state index in [1.54, 1.807) is 0 Å². The molecule has 3 rings (SSSR count). The van der Waals surface area contributed by atoms with E-state index in [9.17, 15) is 10.1 Å². The lowest BCUT2D eigenvalue weighted by Gasteiger charge is -2.19. The Bertz CT molecular complexity index is 692. The molecule has 0 radical (unpaired) electrons. The Kier molecular flexibility index (Phi) is 2.69. The zero-order valence-electron chi connectivity index (χ0n) is 11.8. The Hall–Kier alpha value is -2.14. The van der Waals surface area contributed by atoms with Crippen LogP contribution in [0.25, 0.3) is 0 Å². The van der Waals surface area contributed by atoms with Crippen molar-refractivity contribution >= 4 is 5.78 Å². The highest BCUT2D eigenvalue weighted by Crippen LogP contribution is 2.67. The van der Waals surface area contributed by atoms with E-state index in [1.807, 2.05) is 44.2 Å². The van der Waals surface area contributed by atoms with Crippen molar-refractivity contribution in [2.24, 2.45) is 5.41 Å². The van der Waals surface area contributed by atoms with Crippen LogP contribution in [0.1, 0.15) is 41.3 Å². The molecular formula is C18H17NO. The zero-order valence-corrected chi connectivity index (χ0v) is 11.8. The first kappa shape index (κ1) is 12.9. The van der Waals surface area contributed by atoms with Crippen LogP contribution < -0.4 is 0 Å². The number of Topliss-reactive ketones (excluding diaryl/α,β-unsaturated/α-hetero) is 1. The Morgan fingerprint density at radius 3 is 2.75 bits per heavy atom. The van der Waals surface area contributed by atoms with Gasteiger partial charge < -0.3 is 0 Å². The summed E-state index contributed by atoms with van der Waals surface area (Å²) in [5.74, 6) is 0.174. The standard InChI is InChI=1S/C18H17NO/c1-3-16(20)15-7-6-14(10-13(15)2)18-9-5-4-8-17(18,11-18)12-19/h4-10H,3,11H2,1-2H3. The fourth-order valence-electron chi connectivity index (χ4n) is 3.33. The van der Waals surface area contributed by atoms with Gasteiger partial charge in [-0.1, -0.05) is 49.4 Å². The Morgan fingerprint density at radius 1 is 1.35 bits per heavy atom. The number of nitriles is 1. The van der Waals surface area contributed by atoms with Crippen LogP contribution in [0, 0.1) is 23.7 Å². The molecule has 20 heavy (non-hydrogen) atoms. The third kappa shape index (κ3) is 1.53. The van der Waals surface area contributed by atoms with Gasteiger partial charge in [0.25, 0.3) is 0 Å². The van der Waals surface area contributed by atoms with Crippen LogP contribution in [0.5, 0.6) is 0 Å². The molecule has 2 unspecified atom stereocenters. The number of hydrogen-bond acceptors (Lipinski definition) is 2. The van der Waals surface area contributed by atoms with Gasteiger partial charge in [0.2, 0.25) is 0 Å². The summed E-state index contributed by atoms with van der Waals surface area (Å²) in [6.45, 7) is 3.85. The molecule has 1 fully saturated rings. The molecule has 2 aliphatic rings. The normalized spacial score (nSPS) is 29.6. The van der Waals surface area contributed by atoms with Gasteiger partial charge in [-0.3, -0.25) is 4.79 Å². The summed E-state index contributed by atoms with van der Waals surface area (Å²) >= 11 is 0. The second kappa shape index (κ2) is 4.18. The number of hydrogen-bond donors (Lipinski definition) is 0. The van der Waals surface area contributed by atoms with Crippen molar-refractivity contribution in [3.63, 3.8) is 0 Å². The summed E-state index contributed by atoms with van der Waals surface area (Å²) in [4.78, 5) is 11.9. The molecule has 0 saturated heterocycles. The topological polar surface area (TPSA) is 40.9 Å². The van der Waals surface area contributed by atoms with Gasteiger partial charge in [0.05, 0.1) is 11.5 Å². The predicted molar refractivity (Wildman–Crippen MR) is 78.4 cm³/mol. The van der Waals surface area contributed by atoms with Crippen molar-refractivity contribution in [3.8, 4) is 6.07 Å². The van der Waals surface area contributed by atoms with E-state index in [2.05, 4.69) is 18.2 Å². The van der Waals surface area contributed by atoms with Crippen molar-refractivity contribution in [2.75, 3.05) is 0 Å². The summed E-state index contributed by atoms with van der Waals surface area (Å²) in [6.07, 6.45) is 9.47. The van der Waals surface area contributed by atoms with Crippen LogP contribution in [0.4, 0.5) is 0 Å². The van der Waals surface area contributed by atoms with E-state index in [0.717, 1.165) is 23.1 Å². The van der Waals surface area contributed by atoms with Gasteiger partial charge in [-0.25, -0.2) is 0 Å². The fraction of sp³-hybridized carbons (Fsp3) is 0.333. The van der Waals surface area contributed by atoms with Crippen LogP contribution >= 0.6 is 0 Å². The molecule has 0 heterocycles. The number of carbonyl (C=O) groups excluding carboxylic acids is 1. The molecular weight excluding hydrogens is 246 g/mol. The zero-order chi connectivity index (χ0) is 14.4.